The van der Waals surface area contributed by atoms with Crippen LogP contribution in [0, 0.1) is 6.92 Å². The van der Waals surface area contributed by atoms with Gasteiger partial charge in [-0.05, 0) is 34.0 Å². The predicted octanol–water partition coefficient (Wildman–Crippen LogP) is 1.78. The molecule has 0 aliphatic heterocycles. The van der Waals surface area contributed by atoms with Crippen LogP contribution in [0.15, 0.2) is 16.9 Å². The first-order valence-electron chi connectivity index (χ1n) is 3.42. The topological polar surface area (TPSA) is 50.2 Å². The van der Waals surface area contributed by atoms with Gasteiger partial charge in [0.25, 0.3) is 0 Å². The Balaban J connectivity index is 3.04. The van der Waals surface area contributed by atoms with E-state index in [2.05, 4.69) is 20.9 Å². The maximum Gasteiger partial charge on any atom is 0.307 e. The van der Waals surface area contributed by atoms with Crippen molar-refractivity contribution in [2.75, 3.05) is 0 Å². The Morgan fingerprint density at radius 1 is 1.67 bits per heavy atom. The van der Waals surface area contributed by atoms with Crippen molar-refractivity contribution in [3.63, 3.8) is 0 Å². The number of rotatable bonds is 2. The summed E-state index contributed by atoms with van der Waals surface area (Å²) in [5.41, 5.74) is 1.68. The molecule has 4 heteroatoms. The van der Waals surface area contributed by atoms with Crippen LogP contribution in [0.5, 0.6) is 0 Å². The lowest BCUT2D eigenvalue weighted by molar-refractivity contribution is -0.136. The third-order valence-electron chi connectivity index (χ3n) is 1.55. The second-order valence-electron chi connectivity index (χ2n) is 2.49. The van der Waals surface area contributed by atoms with E-state index in [1.165, 1.54) is 0 Å². The van der Waals surface area contributed by atoms with Gasteiger partial charge in [-0.25, -0.2) is 0 Å². The lowest BCUT2D eigenvalue weighted by atomic mass is 10.1. The van der Waals surface area contributed by atoms with E-state index in [0.717, 1.165) is 15.6 Å². The van der Waals surface area contributed by atoms with Gasteiger partial charge < -0.3 is 5.11 Å². The first-order chi connectivity index (χ1) is 5.61. The van der Waals surface area contributed by atoms with Gasteiger partial charge >= 0.3 is 5.97 Å². The number of carbonyl (C=O) groups is 1. The predicted molar refractivity (Wildman–Crippen MR) is 48.0 cm³/mol. The molecule has 3 nitrogen and oxygen atoms in total. The summed E-state index contributed by atoms with van der Waals surface area (Å²) in [6.07, 6.45) is 3.29. The molecule has 1 rings (SSSR count). The van der Waals surface area contributed by atoms with Crippen LogP contribution in [0.4, 0.5) is 0 Å². The summed E-state index contributed by atoms with van der Waals surface area (Å²) in [5, 5.41) is 8.57. The van der Waals surface area contributed by atoms with Crippen molar-refractivity contribution in [2.45, 2.75) is 13.3 Å². The van der Waals surface area contributed by atoms with Crippen molar-refractivity contribution >= 4 is 21.9 Å². The Hall–Kier alpha value is -0.900. The number of aliphatic carboxylic acids is 1. The first-order valence-corrected chi connectivity index (χ1v) is 4.21. The molecule has 1 aromatic rings. The SMILES string of the molecule is Cc1cncc(Br)c1CC(=O)O. The summed E-state index contributed by atoms with van der Waals surface area (Å²) in [6, 6.07) is 0. The zero-order valence-electron chi connectivity index (χ0n) is 6.54. The molecule has 0 amide bonds. The summed E-state index contributed by atoms with van der Waals surface area (Å²) in [4.78, 5) is 14.3. The van der Waals surface area contributed by atoms with E-state index < -0.39 is 5.97 Å². The quantitative estimate of drug-likeness (QED) is 0.842. The van der Waals surface area contributed by atoms with Gasteiger partial charge in [0.05, 0.1) is 6.42 Å². The van der Waals surface area contributed by atoms with Crippen molar-refractivity contribution in [3.05, 3.63) is 28.0 Å². The minimum Gasteiger partial charge on any atom is -0.481 e. The smallest absolute Gasteiger partial charge is 0.307 e. The molecule has 0 atom stereocenters. The van der Waals surface area contributed by atoms with Crippen LogP contribution in [-0.2, 0) is 11.2 Å². The van der Waals surface area contributed by atoms with Crippen LogP contribution < -0.4 is 0 Å². The van der Waals surface area contributed by atoms with Crippen LogP contribution >= 0.6 is 15.9 Å². The minimum atomic E-state index is -0.829. The second-order valence-corrected chi connectivity index (χ2v) is 3.34. The molecule has 1 N–H and O–H groups in total. The van der Waals surface area contributed by atoms with Gasteiger partial charge in [-0.2, -0.15) is 0 Å². The number of pyridine rings is 1. The molecule has 0 aliphatic carbocycles. The number of aryl methyl sites for hydroxylation is 1. The zero-order chi connectivity index (χ0) is 9.14. The molecule has 0 aromatic carbocycles. The highest BCUT2D eigenvalue weighted by Gasteiger charge is 2.07. The Morgan fingerprint density at radius 3 is 2.83 bits per heavy atom. The van der Waals surface area contributed by atoms with Crippen molar-refractivity contribution < 1.29 is 9.90 Å². The monoisotopic (exact) mass is 229 g/mol. The Labute approximate surface area is 78.6 Å². The normalized spacial score (nSPS) is 9.83. The van der Waals surface area contributed by atoms with Crippen LogP contribution in [0.25, 0.3) is 0 Å². The van der Waals surface area contributed by atoms with Gasteiger partial charge in [0.2, 0.25) is 0 Å². The van der Waals surface area contributed by atoms with Crippen molar-refractivity contribution in [1.82, 2.24) is 4.98 Å². The highest BCUT2D eigenvalue weighted by molar-refractivity contribution is 9.10. The number of hydrogen-bond acceptors (Lipinski definition) is 2. The molecule has 12 heavy (non-hydrogen) atoms. The molecule has 0 spiro atoms. The van der Waals surface area contributed by atoms with Crippen LogP contribution in [0.1, 0.15) is 11.1 Å². The number of aromatic nitrogens is 1. The summed E-state index contributed by atoms with van der Waals surface area (Å²) in [7, 11) is 0. The van der Waals surface area contributed by atoms with Gasteiger partial charge in [-0.15, -0.1) is 0 Å². The van der Waals surface area contributed by atoms with Crippen molar-refractivity contribution in [3.8, 4) is 0 Å². The lowest BCUT2D eigenvalue weighted by Crippen LogP contribution is -2.03. The van der Waals surface area contributed by atoms with E-state index in [0.29, 0.717) is 0 Å². The summed E-state index contributed by atoms with van der Waals surface area (Å²) in [5.74, 6) is -0.829. The molecular weight excluding hydrogens is 222 g/mol. The van der Waals surface area contributed by atoms with Gasteiger partial charge in [0, 0.05) is 16.9 Å². The molecular formula is C8H8BrNO2. The maximum atomic E-state index is 10.4. The molecule has 0 saturated carbocycles. The van der Waals surface area contributed by atoms with E-state index in [9.17, 15) is 4.79 Å². The molecule has 0 fully saturated rings. The van der Waals surface area contributed by atoms with Crippen molar-refractivity contribution in [2.24, 2.45) is 0 Å². The standard InChI is InChI=1S/C8H8BrNO2/c1-5-3-10-4-7(9)6(5)2-8(11)12/h3-4H,2H2,1H3,(H,11,12). The van der Waals surface area contributed by atoms with E-state index in [1.807, 2.05) is 6.92 Å². The van der Waals surface area contributed by atoms with E-state index >= 15 is 0 Å². The summed E-state index contributed by atoms with van der Waals surface area (Å²) in [6.45, 7) is 1.84. The Bertz CT molecular complexity index is 292. The Kier molecular flexibility index (Phi) is 2.81. The summed E-state index contributed by atoms with van der Waals surface area (Å²) >= 11 is 3.25. The number of hydrogen-bond donors (Lipinski definition) is 1. The third kappa shape index (κ3) is 2.04. The second kappa shape index (κ2) is 3.67. The molecule has 0 aliphatic rings. The number of carboxylic acids is 1. The van der Waals surface area contributed by atoms with Gasteiger partial charge in [-0.3, -0.25) is 9.78 Å². The van der Waals surface area contributed by atoms with Gasteiger partial charge in [-0.1, -0.05) is 0 Å². The average Bonchev–Trinajstić information content (AvgIpc) is 1.97. The Morgan fingerprint density at radius 2 is 2.33 bits per heavy atom. The maximum absolute atomic E-state index is 10.4. The number of halogens is 1. The molecule has 64 valence electrons. The van der Waals surface area contributed by atoms with Crippen LogP contribution in [0.2, 0.25) is 0 Å². The highest BCUT2D eigenvalue weighted by Crippen LogP contribution is 2.18. The molecule has 1 aromatic heterocycles. The minimum absolute atomic E-state index is 0.0366. The highest BCUT2D eigenvalue weighted by atomic mass is 79.9. The summed E-state index contributed by atoms with van der Waals surface area (Å²) < 4.78 is 0.755. The first kappa shape index (κ1) is 9.19. The molecule has 0 bridgehead atoms. The zero-order valence-corrected chi connectivity index (χ0v) is 8.13. The number of carboxylic acid groups (broad SMARTS) is 1. The fourth-order valence-corrected chi connectivity index (χ4v) is 1.50. The van der Waals surface area contributed by atoms with E-state index in [4.69, 9.17) is 5.11 Å². The molecule has 0 saturated heterocycles. The van der Waals surface area contributed by atoms with E-state index in [-0.39, 0.29) is 6.42 Å². The largest absolute Gasteiger partial charge is 0.481 e. The average molecular weight is 230 g/mol. The number of nitrogens with zero attached hydrogens (tertiary/aromatic N) is 1. The van der Waals surface area contributed by atoms with Crippen LogP contribution in [-0.4, -0.2) is 16.1 Å². The fourth-order valence-electron chi connectivity index (χ4n) is 0.934. The van der Waals surface area contributed by atoms with Crippen molar-refractivity contribution in [1.29, 1.82) is 0 Å². The third-order valence-corrected chi connectivity index (χ3v) is 2.23. The fraction of sp³-hybridized carbons (Fsp3) is 0.250. The lowest BCUT2D eigenvalue weighted by Gasteiger charge is -2.03. The molecule has 0 radical (unpaired) electrons. The molecule has 1 heterocycles. The van der Waals surface area contributed by atoms with Gasteiger partial charge in [0.1, 0.15) is 0 Å². The van der Waals surface area contributed by atoms with E-state index in [1.54, 1.807) is 12.4 Å². The molecule has 0 unspecified atom stereocenters. The van der Waals surface area contributed by atoms with Crippen LogP contribution in [0.3, 0.4) is 0 Å². The van der Waals surface area contributed by atoms with Gasteiger partial charge in [0.15, 0.2) is 0 Å².